The van der Waals surface area contributed by atoms with E-state index in [4.69, 9.17) is 10.5 Å². The maximum absolute atomic E-state index is 12.2. The molecule has 0 spiro atoms. The number of ketones is 1. The number of ether oxygens (including phenoxy) is 1. The molecular weight excluding hydrogens is 384 g/mol. The molecule has 0 saturated carbocycles. The Kier molecular flexibility index (Phi) is 5.26. The van der Waals surface area contributed by atoms with E-state index < -0.39 is 0 Å². The fraction of sp³-hybridized carbons (Fsp3) is 0.353. The van der Waals surface area contributed by atoms with Gasteiger partial charge in [0.15, 0.2) is 0 Å². The first-order valence-electron chi connectivity index (χ1n) is 8.54. The average molecular weight is 403 g/mol. The maximum Gasteiger partial charge on any atom is 0.294 e. The molecule has 3 aromatic rings. The van der Waals surface area contributed by atoms with Crippen LogP contribution in [0.25, 0.3) is 0 Å². The van der Waals surface area contributed by atoms with Crippen LogP contribution in [0.4, 0.5) is 10.3 Å². The lowest BCUT2D eigenvalue weighted by Crippen LogP contribution is -2.24. The van der Waals surface area contributed by atoms with Gasteiger partial charge in [0, 0.05) is 19.4 Å². The summed E-state index contributed by atoms with van der Waals surface area (Å²) >= 11 is 2.70. The number of benzene rings is 1. The minimum absolute atomic E-state index is 0.0101. The van der Waals surface area contributed by atoms with Crippen LogP contribution in [0.2, 0.25) is 0 Å². The number of aromatic nitrogens is 4. The molecule has 0 amide bonds. The van der Waals surface area contributed by atoms with Crippen LogP contribution < -0.4 is 15.4 Å². The number of carbonyl (C=O) groups excluding carboxylic acids is 1. The van der Waals surface area contributed by atoms with Gasteiger partial charge in [-0.15, -0.1) is 20.4 Å². The Hall–Kier alpha value is -2.59. The van der Waals surface area contributed by atoms with Crippen LogP contribution in [0.15, 0.2) is 30.3 Å². The van der Waals surface area contributed by atoms with Crippen molar-refractivity contribution in [3.63, 3.8) is 0 Å². The molecule has 27 heavy (non-hydrogen) atoms. The van der Waals surface area contributed by atoms with E-state index in [2.05, 4.69) is 25.3 Å². The predicted octanol–water partition coefficient (Wildman–Crippen LogP) is 1.98. The Morgan fingerprint density at radius 1 is 1.15 bits per heavy atom. The number of hydrogen-bond donors (Lipinski definition) is 1. The topological polar surface area (TPSA) is 107 Å². The second kappa shape index (κ2) is 7.97. The van der Waals surface area contributed by atoms with Crippen molar-refractivity contribution in [1.82, 2.24) is 20.4 Å². The highest BCUT2D eigenvalue weighted by Crippen LogP contribution is 2.28. The number of rotatable bonds is 7. The molecule has 1 saturated heterocycles. The third-order valence-electron chi connectivity index (χ3n) is 4.15. The van der Waals surface area contributed by atoms with E-state index >= 15 is 0 Å². The molecule has 1 fully saturated rings. The lowest BCUT2D eigenvalue weighted by atomic mass is 10.1. The van der Waals surface area contributed by atoms with Crippen molar-refractivity contribution in [3.05, 3.63) is 40.9 Å². The third-order valence-corrected chi connectivity index (χ3v) is 5.78. The number of carbonyl (C=O) groups is 1. The van der Waals surface area contributed by atoms with Gasteiger partial charge in [-0.3, -0.25) is 4.79 Å². The monoisotopic (exact) mass is 402 g/mol. The molecule has 2 N–H and O–H groups in total. The SMILES string of the molecule is Nc1nnc(N2CC[C@H](Oc3nnc(CC(=O)Cc4ccccc4)s3)C2)s1. The maximum atomic E-state index is 12.2. The first-order valence-corrected chi connectivity index (χ1v) is 10.2. The Bertz CT molecular complexity index is 913. The molecule has 0 aliphatic carbocycles. The van der Waals surface area contributed by atoms with Gasteiger partial charge < -0.3 is 15.4 Å². The lowest BCUT2D eigenvalue weighted by Gasteiger charge is -2.13. The van der Waals surface area contributed by atoms with Crippen molar-refractivity contribution in [2.45, 2.75) is 25.4 Å². The third kappa shape index (κ3) is 4.58. The summed E-state index contributed by atoms with van der Waals surface area (Å²) in [5.41, 5.74) is 6.64. The van der Waals surface area contributed by atoms with Crippen molar-refractivity contribution in [1.29, 1.82) is 0 Å². The van der Waals surface area contributed by atoms with Crippen LogP contribution >= 0.6 is 22.7 Å². The van der Waals surface area contributed by atoms with Crippen molar-refractivity contribution < 1.29 is 9.53 Å². The molecule has 3 heterocycles. The standard InChI is InChI=1S/C17H18N6O2S2/c18-15-20-21-16(27-15)23-7-6-13(10-23)25-17-22-19-14(26-17)9-12(24)8-11-4-2-1-3-5-11/h1-5,13H,6-10H2,(H2,18,20)/t13-/m0/s1. The smallest absolute Gasteiger partial charge is 0.294 e. The van der Waals surface area contributed by atoms with Crippen LogP contribution in [0.3, 0.4) is 0 Å². The molecule has 8 nitrogen and oxygen atoms in total. The average Bonchev–Trinajstić information content (AvgIpc) is 3.38. The molecular formula is C17H18N6O2S2. The van der Waals surface area contributed by atoms with Gasteiger partial charge in [0.05, 0.1) is 13.0 Å². The summed E-state index contributed by atoms with van der Waals surface area (Å²) in [6, 6.07) is 9.70. The summed E-state index contributed by atoms with van der Waals surface area (Å²) < 4.78 is 5.93. The van der Waals surface area contributed by atoms with Crippen LogP contribution in [0.1, 0.15) is 17.0 Å². The highest BCUT2D eigenvalue weighted by atomic mass is 32.1. The number of Topliss-reactive ketones (excluding diaryl/α,β-unsaturated/α-hetero) is 1. The second-order valence-corrected chi connectivity index (χ2v) is 8.25. The van der Waals surface area contributed by atoms with E-state index in [1.165, 1.54) is 22.7 Å². The van der Waals surface area contributed by atoms with Crippen molar-refractivity contribution in [3.8, 4) is 5.19 Å². The molecule has 1 aliphatic rings. The summed E-state index contributed by atoms with van der Waals surface area (Å²) in [6.45, 7) is 1.54. The quantitative estimate of drug-likeness (QED) is 0.639. The fourth-order valence-electron chi connectivity index (χ4n) is 2.91. The van der Waals surface area contributed by atoms with Gasteiger partial charge in [0.2, 0.25) is 10.3 Å². The number of nitrogens with two attached hydrogens (primary N) is 1. The van der Waals surface area contributed by atoms with Gasteiger partial charge in [0.25, 0.3) is 5.19 Å². The molecule has 4 rings (SSSR count). The molecule has 2 aromatic heterocycles. The van der Waals surface area contributed by atoms with Gasteiger partial charge in [-0.2, -0.15) is 0 Å². The predicted molar refractivity (Wildman–Crippen MR) is 104 cm³/mol. The highest BCUT2D eigenvalue weighted by molar-refractivity contribution is 7.18. The number of nitrogens with zero attached hydrogens (tertiary/aromatic N) is 5. The van der Waals surface area contributed by atoms with E-state index in [1.807, 2.05) is 30.3 Å². The number of nitrogen functional groups attached to an aromatic ring is 1. The Labute approximate surface area is 164 Å². The Morgan fingerprint density at radius 2 is 2.00 bits per heavy atom. The normalized spacial score (nSPS) is 16.6. The van der Waals surface area contributed by atoms with E-state index in [1.54, 1.807) is 0 Å². The summed E-state index contributed by atoms with van der Waals surface area (Å²) in [5.74, 6) is 0.116. The summed E-state index contributed by atoms with van der Waals surface area (Å²) in [6.07, 6.45) is 1.55. The minimum Gasteiger partial charge on any atom is -0.464 e. The fourth-order valence-corrected chi connectivity index (χ4v) is 4.33. The van der Waals surface area contributed by atoms with Crippen molar-refractivity contribution >= 4 is 38.7 Å². The highest BCUT2D eigenvalue weighted by Gasteiger charge is 2.27. The van der Waals surface area contributed by atoms with Crippen LogP contribution in [-0.2, 0) is 17.6 Å². The molecule has 10 heteroatoms. The summed E-state index contributed by atoms with van der Waals surface area (Å²) in [4.78, 5) is 14.3. The van der Waals surface area contributed by atoms with Gasteiger partial charge in [-0.05, 0) is 5.56 Å². The van der Waals surface area contributed by atoms with Crippen LogP contribution in [0.5, 0.6) is 5.19 Å². The largest absolute Gasteiger partial charge is 0.464 e. The van der Waals surface area contributed by atoms with Crippen molar-refractivity contribution in [2.24, 2.45) is 0 Å². The first kappa shape index (κ1) is 17.8. The number of anilines is 2. The summed E-state index contributed by atoms with van der Waals surface area (Å²) in [7, 11) is 0. The lowest BCUT2D eigenvalue weighted by molar-refractivity contribution is -0.117. The molecule has 1 aromatic carbocycles. The van der Waals surface area contributed by atoms with Crippen LogP contribution in [0, 0.1) is 0 Å². The molecule has 0 unspecified atom stereocenters. The van der Waals surface area contributed by atoms with Crippen molar-refractivity contribution in [2.75, 3.05) is 23.7 Å². The molecule has 140 valence electrons. The van der Waals surface area contributed by atoms with Gasteiger partial charge in [-0.25, -0.2) is 0 Å². The van der Waals surface area contributed by atoms with Gasteiger partial charge in [-0.1, -0.05) is 53.0 Å². The zero-order chi connectivity index (χ0) is 18.6. The second-order valence-electron chi connectivity index (χ2n) is 6.24. The van der Waals surface area contributed by atoms with Gasteiger partial charge >= 0.3 is 0 Å². The Morgan fingerprint density at radius 3 is 2.78 bits per heavy atom. The zero-order valence-corrected chi connectivity index (χ0v) is 16.1. The molecule has 0 bridgehead atoms. The van der Waals surface area contributed by atoms with E-state index in [0.717, 1.165) is 23.7 Å². The van der Waals surface area contributed by atoms with Crippen LogP contribution in [-0.4, -0.2) is 45.4 Å². The molecule has 1 aliphatic heterocycles. The number of hydrogen-bond acceptors (Lipinski definition) is 10. The molecule has 0 radical (unpaired) electrons. The summed E-state index contributed by atoms with van der Waals surface area (Å²) in [5, 5.41) is 18.5. The first-order chi connectivity index (χ1) is 13.2. The van der Waals surface area contributed by atoms with Gasteiger partial charge in [0.1, 0.15) is 16.9 Å². The zero-order valence-electron chi connectivity index (χ0n) is 14.4. The minimum atomic E-state index is 0.0101. The molecule has 1 atom stereocenters. The van der Waals surface area contributed by atoms with E-state index in [9.17, 15) is 4.79 Å². The van der Waals surface area contributed by atoms with E-state index in [0.29, 0.717) is 28.3 Å². The Balaban J connectivity index is 1.29. The van der Waals surface area contributed by atoms with E-state index in [-0.39, 0.29) is 18.3 Å².